The number of benzene rings is 2. The molecule has 2 aromatic carbocycles. The van der Waals surface area contributed by atoms with Gasteiger partial charge in [-0.3, -0.25) is 4.79 Å². The van der Waals surface area contributed by atoms with Crippen LogP contribution in [0.5, 0.6) is 0 Å². The molecule has 0 aliphatic heterocycles. The molecule has 1 amide bonds. The highest BCUT2D eigenvalue weighted by Gasteiger charge is 2.07. The van der Waals surface area contributed by atoms with Gasteiger partial charge in [0.2, 0.25) is 0 Å². The van der Waals surface area contributed by atoms with Crippen LogP contribution < -0.4 is 5.43 Å². The summed E-state index contributed by atoms with van der Waals surface area (Å²) in [4.78, 5) is 11.9. The third-order valence-corrected chi connectivity index (χ3v) is 3.63. The first-order valence-electron chi connectivity index (χ1n) is 7.25. The van der Waals surface area contributed by atoms with Crippen molar-refractivity contribution in [3.8, 4) is 0 Å². The van der Waals surface area contributed by atoms with Gasteiger partial charge in [-0.1, -0.05) is 47.7 Å². The zero-order valence-corrected chi connectivity index (χ0v) is 14.2. The SMILES string of the molecule is O=C(Cn1nnc2ccccc21)N/N=C\C(Br)=C/c1ccccc1. The summed E-state index contributed by atoms with van der Waals surface area (Å²) in [6.07, 6.45) is 3.44. The Balaban J connectivity index is 1.58. The van der Waals surface area contributed by atoms with E-state index in [1.807, 2.05) is 60.7 Å². The Hall–Kier alpha value is -2.80. The number of allylic oxidation sites excluding steroid dienone is 1. The highest BCUT2D eigenvalue weighted by atomic mass is 79.9. The van der Waals surface area contributed by atoms with E-state index < -0.39 is 0 Å². The van der Waals surface area contributed by atoms with Crippen molar-refractivity contribution >= 4 is 45.2 Å². The van der Waals surface area contributed by atoms with Gasteiger partial charge in [0.15, 0.2) is 0 Å². The van der Waals surface area contributed by atoms with Gasteiger partial charge < -0.3 is 0 Å². The minimum Gasteiger partial charge on any atom is -0.271 e. The first-order chi connectivity index (χ1) is 11.7. The van der Waals surface area contributed by atoms with Crippen molar-refractivity contribution in [3.63, 3.8) is 0 Å². The van der Waals surface area contributed by atoms with Crippen LogP contribution in [0.4, 0.5) is 0 Å². The zero-order valence-electron chi connectivity index (χ0n) is 12.6. The van der Waals surface area contributed by atoms with Gasteiger partial charge in [-0.15, -0.1) is 5.10 Å². The van der Waals surface area contributed by atoms with E-state index in [0.29, 0.717) is 0 Å². The lowest BCUT2D eigenvalue weighted by Gasteiger charge is -2.01. The molecule has 0 fully saturated rings. The van der Waals surface area contributed by atoms with Crippen LogP contribution in [0.25, 0.3) is 17.1 Å². The number of aromatic nitrogens is 3. The Morgan fingerprint density at radius 2 is 1.92 bits per heavy atom. The first-order valence-corrected chi connectivity index (χ1v) is 8.04. The van der Waals surface area contributed by atoms with Crippen LogP contribution in [0.2, 0.25) is 0 Å². The Labute approximate surface area is 147 Å². The number of hydrogen-bond acceptors (Lipinski definition) is 4. The highest BCUT2D eigenvalue weighted by Crippen LogP contribution is 2.10. The van der Waals surface area contributed by atoms with Gasteiger partial charge in [0, 0.05) is 4.48 Å². The second-order valence-corrected chi connectivity index (χ2v) is 5.88. The summed E-state index contributed by atoms with van der Waals surface area (Å²) in [5, 5.41) is 11.9. The van der Waals surface area contributed by atoms with Gasteiger partial charge in [0.05, 0.1) is 11.7 Å². The summed E-state index contributed by atoms with van der Waals surface area (Å²) in [5.74, 6) is -0.276. The second-order valence-electron chi connectivity index (χ2n) is 4.97. The number of nitrogens with zero attached hydrogens (tertiary/aromatic N) is 4. The molecule has 1 heterocycles. The predicted octanol–water partition coefficient (Wildman–Crippen LogP) is 2.97. The Morgan fingerprint density at radius 1 is 1.17 bits per heavy atom. The maximum atomic E-state index is 11.9. The number of carbonyl (C=O) groups excluding carboxylic acids is 1. The Morgan fingerprint density at radius 3 is 2.75 bits per heavy atom. The van der Waals surface area contributed by atoms with E-state index >= 15 is 0 Å². The van der Waals surface area contributed by atoms with E-state index in [9.17, 15) is 4.79 Å². The molecule has 0 spiro atoms. The monoisotopic (exact) mass is 383 g/mol. The molecule has 3 aromatic rings. The van der Waals surface area contributed by atoms with Crippen molar-refractivity contribution in [1.29, 1.82) is 0 Å². The fourth-order valence-electron chi connectivity index (χ4n) is 2.12. The highest BCUT2D eigenvalue weighted by molar-refractivity contribution is 9.12. The van der Waals surface area contributed by atoms with Crippen LogP contribution in [-0.2, 0) is 11.3 Å². The van der Waals surface area contributed by atoms with E-state index in [0.717, 1.165) is 21.1 Å². The molecular weight excluding hydrogens is 370 g/mol. The third-order valence-electron chi connectivity index (χ3n) is 3.19. The molecule has 6 nitrogen and oxygen atoms in total. The largest absolute Gasteiger partial charge is 0.271 e. The van der Waals surface area contributed by atoms with Crippen LogP contribution in [0.1, 0.15) is 5.56 Å². The lowest BCUT2D eigenvalue weighted by atomic mass is 10.2. The summed E-state index contributed by atoms with van der Waals surface area (Å²) in [6.45, 7) is 0.0534. The molecule has 120 valence electrons. The lowest BCUT2D eigenvalue weighted by Crippen LogP contribution is -2.23. The van der Waals surface area contributed by atoms with E-state index in [-0.39, 0.29) is 12.5 Å². The third kappa shape index (κ3) is 4.14. The molecule has 1 N–H and O–H groups in total. The van der Waals surface area contributed by atoms with Gasteiger partial charge in [0.25, 0.3) is 5.91 Å². The molecular formula is C17H14BrN5O. The number of rotatable bonds is 5. The van der Waals surface area contributed by atoms with Gasteiger partial charge in [-0.2, -0.15) is 5.10 Å². The molecule has 1 aromatic heterocycles. The summed E-state index contributed by atoms with van der Waals surface area (Å²) < 4.78 is 2.29. The molecule has 0 radical (unpaired) electrons. The maximum absolute atomic E-state index is 11.9. The fraction of sp³-hybridized carbons (Fsp3) is 0.0588. The molecule has 3 rings (SSSR count). The quantitative estimate of drug-likeness (QED) is 0.543. The smallest absolute Gasteiger partial charge is 0.261 e. The number of hydrogen-bond donors (Lipinski definition) is 1. The molecule has 0 saturated heterocycles. The van der Waals surface area contributed by atoms with Crippen molar-refractivity contribution in [2.75, 3.05) is 0 Å². The van der Waals surface area contributed by atoms with Gasteiger partial charge in [-0.25, -0.2) is 10.1 Å². The van der Waals surface area contributed by atoms with E-state index in [2.05, 4.69) is 36.8 Å². The van der Waals surface area contributed by atoms with Crippen molar-refractivity contribution in [1.82, 2.24) is 20.4 Å². The Bertz CT molecular complexity index is 901. The van der Waals surface area contributed by atoms with E-state index in [1.165, 1.54) is 10.9 Å². The zero-order chi connectivity index (χ0) is 16.8. The molecule has 0 unspecified atom stereocenters. The summed E-state index contributed by atoms with van der Waals surface area (Å²) in [7, 11) is 0. The van der Waals surface area contributed by atoms with Crippen LogP contribution in [-0.4, -0.2) is 27.1 Å². The van der Waals surface area contributed by atoms with Crippen LogP contribution in [0.15, 0.2) is 64.2 Å². The van der Waals surface area contributed by atoms with E-state index in [4.69, 9.17) is 0 Å². The summed E-state index contributed by atoms with van der Waals surface area (Å²) in [5.41, 5.74) is 5.07. The Kier molecular flexibility index (Phi) is 5.12. The average molecular weight is 384 g/mol. The van der Waals surface area contributed by atoms with Crippen molar-refractivity contribution in [2.24, 2.45) is 5.10 Å². The number of fused-ring (bicyclic) bond motifs is 1. The van der Waals surface area contributed by atoms with Gasteiger partial charge in [-0.05, 0) is 39.7 Å². The number of amides is 1. The molecule has 0 aliphatic rings. The van der Waals surface area contributed by atoms with E-state index in [1.54, 1.807) is 0 Å². The average Bonchev–Trinajstić information content (AvgIpc) is 2.99. The normalized spacial score (nSPS) is 12.0. The minimum atomic E-state index is -0.276. The van der Waals surface area contributed by atoms with Crippen molar-refractivity contribution < 1.29 is 4.79 Å². The molecule has 7 heteroatoms. The molecule has 0 aliphatic carbocycles. The molecule has 24 heavy (non-hydrogen) atoms. The number of nitrogens with one attached hydrogen (secondary N) is 1. The van der Waals surface area contributed by atoms with Crippen molar-refractivity contribution in [2.45, 2.75) is 6.54 Å². The maximum Gasteiger partial charge on any atom is 0.261 e. The standard InChI is InChI=1S/C17H14BrN5O/c18-14(10-13-6-2-1-3-7-13)11-19-21-17(24)12-23-16-9-5-4-8-15(16)20-22-23/h1-11H,12H2,(H,21,24)/b14-10+,19-11-. The molecule has 0 bridgehead atoms. The van der Waals surface area contributed by atoms with Crippen molar-refractivity contribution in [3.05, 3.63) is 64.6 Å². The minimum absolute atomic E-state index is 0.0534. The topological polar surface area (TPSA) is 72.2 Å². The predicted molar refractivity (Wildman–Crippen MR) is 97.5 cm³/mol. The first kappa shape index (κ1) is 16.1. The lowest BCUT2D eigenvalue weighted by molar-refractivity contribution is -0.121. The van der Waals surface area contributed by atoms with Gasteiger partial charge in [0.1, 0.15) is 12.1 Å². The van der Waals surface area contributed by atoms with Crippen LogP contribution >= 0.6 is 15.9 Å². The number of carbonyl (C=O) groups is 1. The van der Waals surface area contributed by atoms with Crippen LogP contribution in [0, 0.1) is 0 Å². The summed E-state index contributed by atoms with van der Waals surface area (Å²) >= 11 is 3.39. The number of para-hydroxylation sites is 1. The van der Waals surface area contributed by atoms with Crippen LogP contribution in [0.3, 0.4) is 0 Å². The summed E-state index contributed by atoms with van der Waals surface area (Å²) in [6, 6.07) is 17.3. The molecule has 0 atom stereocenters. The second kappa shape index (κ2) is 7.65. The fourth-order valence-corrected chi connectivity index (χ4v) is 2.48. The number of hydrazone groups is 1. The number of halogens is 1. The molecule has 0 saturated carbocycles. The van der Waals surface area contributed by atoms with Gasteiger partial charge >= 0.3 is 0 Å².